The summed E-state index contributed by atoms with van der Waals surface area (Å²) in [5.74, 6) is 0.0312. The minimum absolute atomic E-state index is 0.0312. The van der Waals surface area contributed by atoms with Crippen LogP contribution in [0.3, 0.4) is 0 Å². The number of fused-ring (bicyclic) bond motifs is 1. The van der Waals surface area contributed by atoms with Gasteiger partial charge in [-0.15, -0.1) is 0 Å². The summed E-state index contributed by atoms with van der Waals surface area (Å²) in [7, 11) is 0. The van der Waals surface area contributed by atoms with Crippen molar-refractivity contribution in [2.45, 2.75) is 6.42 Å². The highest BCUT2D eigenvalue weighted by Gasteiger charge is 2.18. The number of rotatable bonds is 1. The van der Waals surface area contributed by atoms with E-state index < -0.39 is 0 Å². The first-order valence-corrected chi connectivity index (χ1v) is 5.02. The Balaban J connectivity index is 2.06. The second-order valence-electron chi connectivity index (χ2n) is 3.69. The fraction of sp³-hybridized carbons (Fsp3) is 0.0833. The zero-order valence-corrected chi connectivity index (χ0v) is 8.47. The summed E-state index contributed by atoms with van der Waals surface area (Å²) < 4.78 is 0. The van der Waals surface area contributed by atoms with Gasteiger partial charge >= 0.3 is 0 Å². The van der Waals surface area contributed by atoms with Gasteiger partial charge in [0.25, 0.3) is 0 Å². The van der Waals surface area contributed by atoms with Gasteiger partial charge in [-0.3, -0.25) is 14.8 Å². The van der Waals surface area contributed by atoms with Gasteiger partial charge in [0.1, 0.15) is 0 Å². The summed E-state index contributed by atoms with van der Waals surface area (Å²) in [4.78, 5) is 19.5. The van der Waals surface area contributed by atoms with Crippen molar-refractivity contribution in [2.24, 2.45) is 0 Å². The van der Waals surface area contributed by atoms with E-state index in [1.165, 1.54) is 0 Å². The summed E-state index contributed by atoms with van der Waals surface area (Å²) >= 11 is 0. The predicted octanol–water partition coefficient (Wildman–Crippen LogP) is 1.64. The van der Waals surface area contributed by atoms with Gasteiger partial charge in [0, 0.05) is 35.4 Å². The SMILES string of the molecule is O=C1Cc2cnc(-c3ccncc3)cc2N1. The van der Waals surface area contributed by atoms with Crippen LogP contribution in [0, 0.1) is 0 Å². The number of amides is 1. The van der Waals surface area contributed by atoms with Crippen molar-refractivity contribution in [3.05, 3.63) is 42.4 Å². The number of nitrogens with one attached hydrogen (secondary N) is 1. The second-order valence-corrected chi connectivity index (χ2v) is 3.69. The predicted molar refractivity (Wildman–Crippen MR) is 59.8 cm³/mol. The van der Waals surface area contributed by atoms with Crippen LogP contribution in [-0.4, -0.2) is 15.9 Å². The topological polar surface area (TPSA) is 54.9 Å². The van der Waals surface area contributed by atoms with E-state index in [0.29, 0.717) is 6.42 Å². The molecule has 0 bridgehead atoms. The van der Waals surface area contributed by atoms with Gasteiger partial charge < -0.3 is 5.32 Å². The molecule has 4 heteroatoms. The van der Waals surface area contributed by atoms with Gasteiger partial charge in [-0.25, -0.2) is 0 Å². The van der Waals surface area contributed by atoms with Gasteiger partial charge in [-0.05, 0) is 18.2 Å². The zero-order chi connectivity index (χ0) is 11.0. The van der Waals surface area contributed by atoms with Crippen molar-refractivity contribution >= 4 is 11.6 Å². The molecule has 0 aliphatic carbocycles. The van der Waals surface area contributed by atoms with Gasteiger partial charge in [0.15, 0.2) is 0 Å². The monoisotopic (exact) mass is 211 g/mol. The molecule has 0 saturated carbocycles. The molecule has 78 valence electrons. The Labute approximate surface area is 92.4 Å². The largest absolute Gasteiger partial charge is 0.325 e. The number of hydrogen-bond donors (Lipinski definition) is 1. The summed E-state index contributed by atoms with van der Waals surface area (Å²) in [6, 6.07) is 5.69. The van der Waals surface area contributed by atoms with Crippen LogP contribution in [0.4, 0.5) is 5.69 Å². The summed E-state index contributed by atoms with van der Waals surface area (Å²) in [5.41, 5.74) is 3.68. The molecule has 1 amide bonds. The molecule has 2 aromatic heterocycles. The van der Waals surface area contributed by atoms with E-state index in [2.05, 4.69) is 15.3 Å². The maximum absolute atomic E-state index is 11.2. The number of carbonyl (C=O) groups excluding carboxylic acids is 1. The number of hydrogen-bond acceptors (Lipinski definition) is 3. The van der Waals surface area contributed by atoms with Crippen molar-refractivity contribution in [2.75, 3.05) is 5.32 Å². The van der Waals surface area contributed by atoms with Gasteiger partial charge in [0.2, 0.25) is 5.91 Å². The molecular formula is C12H9N3O. The highest BCUT2D eigenvalue weighted by atomic mass is 16.1. The van der Waals surface area contributed by atoms with Crippen LogP contribution in [0.5, 0.6) is 0 Å². The van der Waals surface area contributed by atoms with E-state index in [1.807, 2.05) is 18.2 Å². The Kier molecular flexibility index (Phi) is 1.93. The Morgan fingerprint density at radius 1 is 1.25 bits per heavy atom. The van der Waals surface area contributed by atoms with Crippen LogP contribution in [0.15, 0.2) is 36.8 Å². The van der Waals surface area contributed by atoms with Crippen LogP contribution < -0.4 is 5.32 Å². The van der Waals surface area contributed by atoms with Crippen LogP contribution >= 0.6 is 0 Å². The molecule has 2 aromatic rings. The van der Waals surface area contributed by atoms with Crippen molar-refractivity contribution in [3.8, 4) is 11.3 Å². The summed E-state index contributed by atoms with van der Waals surface area (Å²) in [5, 5.41) is 2.81. The third-order valence-corrected chi connectivity index (χ3v) is 2.59. The van der Waals surface area contributed by atoms with E-state index in [1.54, 1.807) is 18.6 Å². The number of carbonyl (C=O) groups is 1. The molecule has 0 unspecified atom stereocenters. The molecule has 3 heterocycles. The maximum atomic E-state index is 11.2. The van der Waals surface area contributed by atoms with Crippen LogP contribution in [0.2, 0.25) is 0 Å². The summed E-state index contributed by atoms with van der Waals surface area (Å²) in [6.45, 7) is 0. The third-order valence-electron chi connectivity index (χ3n) is 2.59. The Hall–Kier alpha value is -2.23. The fourth-order valence-electron chi connectivity index (χ4n) is 1.79. The van der Waals surface area contributed by atoms with E-state index in [9.17, 15) is 4.79 Å². The van der Waals surface area contributed by atoms with Crippen molar-refractivity contribution in [1.82, 2.24) is 9.97 Å². The number of nitrogens with zero attached hydrogens (tertiary/aromatic N) is 2. The molecule has 0 radical (unpaired) electrons. The molecule has 0 aromatic carbocycles. The first kappa shape index (κ1) is 9.03. The van der Waals surface area contributed by atoms with Crippen LogP contribution in [0.25, 0.3) is 11.3 Å². The molecule has 0 atom stereocenters. The smallest absolute Gasteiger partial charge is 0.228 e. The Bertz CT molecular complexity index is 551. The lowest BCUT2D eigenvalue weighted by molar-refractivity contribution is -0.115. The Morgan fingerprint density at radius 2 is 2.06 bits per heavy atom. The standard InChI is InChI=1S/C12H9N3O/c16-12-5-9-7-14-10(6-11(9)15-12)8-1-3-13-4-2-8/h1-4,6-7H,5H2,(H,15,16). The third kappa shape index (κ3) is 1.44. The highest BCUT2D eigenvalue weighted by molar-refractivity contribution is 5.99. The van der Waals surface area contributed by atoms with E-state index in [0.717, 1.165) is 22.5 Å². The lowest BCUT2D eigenvalue weighted by atomic mass is 10.1. The molecule has 1 N–H and O–H groups in total. The minimum Gasteiger partial charge on any atom is -0.325 e. The average molecular weight is 211 g/mol. The van der Waals surface area contributed by atoms with Crippen molar-refractivity contribution < 1.29 is 4.79 Å². The van der Waals surface area contributed by atoms with Crippen LogP contribution in [0.1, 0.15) is 5.56 Å². The van der Waals surface area contributed by atoms with Gasteiger partial charge in [-0.1, -0.05) is 0 Å². The Morgan fingerprint density at radius 3 is 2.88 bits per heavy atom. The van der Waals surface area contributed by atoms with Crippen molar-refractivity contribution in [3.63, 3.8) is 0 Å². The molecule has 3 rings (SSSR count). The van der Waals surface area contributed by atoms with E-state index in [4.69, 9.17) is 0 Å². The lowest BCUT2D eigenvalue weighted by Gasteiger charge is -2.03. The van der Waals surface area contributed by atoms with Gasteiger partial charge in [0.05, 0.1) is 12.1 Å². The van der Waals surface area contributed by atoms with E-state index >= 15 is 0 Å². The summed E-state index contributed by atoms with van der Waals surface area (Å²) in [6.07, 6.45) is 5.63. The molecule has 1 aliphatic heterocycles. The van der Waals surface area contributed by atoms with Gasteiger partial charge in [-0.2, -0.15) is 0 Å². The minimum atomic E-state index is 0.0312. The normalized spacial score (nSPS) is 13.4. The first-order valence-electron chi connectivity index (χ1n) is 5.02. The number of aromatic nitrogens is 2. The average Bonchev–Trinajstić information content (AvgIpc) is 2.69. The highest BCUT2D eigenvalue weighted by Crippen LogP contribution is 2.26. The first-order chi connectivity index (χ1) is 7.83. The van der Waals surface area contributed by atoms with Crippen molar-refractivity contribution in [1.29, 1.82) is 0 Å². The number of pyridine rings is 2. The second kappa shape index (κ2) is 3.41. The quantitative estimate of drug-likeness (QED) is 0.780. The molecule has 16 heavy (non-hydrogen) atoms. The fourth-order valence-corrected chi connectivity index (χ4v) is 1.79. The van der Waals surface area contributed by atoms with Crippen LogP contribution in [-0.2, 0) is 11.2 Å². The zero-order valence-electron chi connectivity index (χ0n) is 8.47. The lowest BCUT2D eigenvalue weighted by Crippen LogP contribution is -2.03. The number of anilines is 1. The molecule has 0 fully saturated rings. The molecule has 1 aliphatic rings. The van der Waals surface area contributed by atoms with E-state index in [-0.39, 0.29) is 5.91 Å². The molecular weight excluding hydrogens is 202 g/mol. The molecule has 0 spiro atoms. The molecule has 0 saturated heterocycles. The molecule has 4 nitrogen and oxygen atoms in total. The maximum Gasteiger partial charge on any atom is 0.228 e.